The molecule has 0 spiro atoms. The van der Waals surface area contributed by atoms with Crippen molar-refractivity contribution in [3.05, 3.63) is 0 Å². The van der Waals surface area contributed by atoms with Crippen LogP contribution in [0.25, 0.3) is 0 Å². The maximum Gasteiger partial charge on any atom is 0.195 e. The molecule has 0 aromatic carbocycles. The van der Waals surface area contributed by atoms with Gasteiger partial charge in [0.15, 0.2) is 11.6 Å². The molecule has 0 saturated heterocycles. The molecule has 7 heavy (non-hydrogen) atoms. The maximum absolute atomic E-state index is 9.79. The quantitative estimate of drug-likeness (QED) is 0.414. The zero-order valence-electron chi connectivity index (χ0n) is 4.32. The van der Waals surface area contributed by atoms with Crippen molar-refractivity contribution in [2.24, 2.45) is 0 Å². The smallest absolute Gasteiger partial charge is 0.195 e. The van der Waals surface area contributed by atoms with Gasteiger partial charge >= 0.3 is 0 Å². The summed E-state index contributed by atoms with van der Waals surface area (Å²) in [5.74, 6) is -0.759. The minimum absolute atomic E-state index is 0. The lowest BCUT2D eigenvalue weighted by molar-refractivity contribution is -0.134. The Hall–Kier alpha value is -0.700. The summed E-state index contributed by atoms with van der Waals surface area (Å²) < 4.78 is 0. The Morgan fingerprint density at radius 3 is 1.14 bits per heavy atom. The fourth-order valence-corrected chi connectivity index (χ4v) is 0. The van der Waals surface area contributed by atoms with E-state index in [4.69, 9.17) is 0 Å². The van der Waals surface area contributed by atoms with E-state index in [9.17, 15) is 9.59 Å². The number of hydrogen-bond acceptors (Lipinski definition) is 2. The number of hydrogen-bond donors (Lipinski definition) is 0. The summed E-state index contributed by atoms with van der Waals surface area (Å²) in [4.78, 5) is 19.6. The molecule has 3 nitrogen and oxygen atoms in total. The Labute approximate surface area is 41.6 Å². The van der Waals surface area contributed by atoms with Crippen LogP contribution in [0.3, 0.4) is 0 Å². The molecule has 0 aromatic heterocycles. The van der Waals surface area contributed by atoms with Gasteiger partial charge in [0.05, 0.1) is 0 Å². The molecule has 0 aliphatic carbocycles. The van der Waals surface area contributed by atoms with Crippen LogP contribution in [0.4, 0.5) is 0 Å². The number of carbonyl (C=O) groups is 2. The number of rotatable bonds is 1. The molecule has 42 valence electrons. The van der Waals surface area contributed by atoms with Crippen molar-refractivity contribution in [2.75, 3.05) is 0 Å². The van der Waals surface area contributed by atoms with Crippen molar-refractivity contribution in [1.29, 1.82) is 0 Å². The predicted octanol–water partition coefficient (Wildman–Crippen LogP) is -0.660. The lowest BCUT2D eigenvalue weighted by Crippen LogP contribution is -2.01. The second-order valence-corrected chi connectivity index (χ2v) is 1.11. The summed E-state index contributed by atoms with van der Waals surface area (Å²) in [5.41, 5.74) is 0. The van der Waals surface area contributed by atoms with Gasteiger partial charge in [-0.2, -0.15) is 0 Å². The molecule has 0 heterocycles. The van der Waals surface area contributed by atoms with Gasteiger partial charge in [-0.25, -0.2) is 0 Å². The van der Waals surface area contributed by atoms with E-state index in [0.717, 1.165) is 0 Å². The van der Waals surface area contributed by atoms with Crippen LogP contribution in [0.15, 0.2) is 0 Å². The fourth-order valence-electron chi connectivity index (χ4n) is 0. The van der Waals surface area contributed by atoms with E-state index in [1.54, 1.807) is 0 Å². The standard InChI is InChI=1S/C4H6O2.H2O/c1-3(5)4(2)6;/h1-2H3;1H2. The molecule has 0 amide bonds. The summed E-state index contributed by atoms with van der Waals surface area (Å²) in [6.45, 7) is 2.50. The Balaban J connectivity index is 0. The van der Waals surface area contributed by atoms with Gasteiger partial charge in [-0.3, -0.25) is 9.59 Å². The van der Waals surface area contributed by atoms with Crippen LogP contribution < -0.4 is 0 Å². The summed E-state index contributed by atoms with van der Waals surface area (Å²) in [6, 6.07) is 0. The normalized spacial score (nSPS) is 6.57. The van der Waals surface area contributed by atoms with E-state index in [-0.39, 0.29) is 17.0 Å². The minimum atomic E-state index is -0.380. The molecule has 2 N–H and O–H groups in total. The summed E-state index contributed by atoms with van der Waals surface area (Å²) in [7, 11) is 0. The molecule has 0 rings (SSSR count). The van der Waals surface area contributed by atoms with Crippen LogP contribution in [0.1, 0.15) is 13.8 Å². The average Bonchev–Trinajstić information content (AvgIpc) is 1.36. The van der Waals surface area contributed by atoms with Gasteiger partial charge in [0.1, 0.15) is 0 Å². The van der Waals surface area contributed by atoms with Crippen molar-refractivity contribution < 1.29 is 15.1 Å². The van der Waals surface area contributed by atoms with Crippen LogP contribution in [-0.2, 0) is 9.59 Å². The molecule has 0 saturated carbocycles. The maximum atomic E-state index is 9.79. The summed E-state index contributed by atoms with van der Waals surface area (Å²) in [5, 5.41) is 0. The molecular weight excluding hydrogens is 96.0 g/mol. The first-order valence-corrected chi connectivity index (χ1v) is 1.66. The van der Waals surface area contributed by atoms with Crippen molar-refractivity contribution in [2.45, 2.75) is 13.8 Å². The molecule has 0 unspecified atom stereocenters. The van der Waals surface area contributed by atoms with E-state index in [1.807, 2.05) is 0 Å². The van der Waals surface area contributed by atoms with Crippen molar-refractivity contribution >= 4 is 11.6 Å². The Kier molecular flexibility index (Phi) is 4.77. The average molecular weight is 104 g/mol. The second kappa shape index (κ2) is 3.49. The van der Waals surface area contributed by atoms with E-state index in [1.165, 1.54) is 13.8 Å². The van der Waals surface area contributed by atoms with Gasteiger partial charge in [-0.05, 0) is 0 Å². The minimum Gasteiger partial charge on any atom is -0.412 e. The van der Waals surface area contributed by atoms with Gasteiger partial charge in [-0.15, -0.1) is 0 Å². The Bertz CT molecular complexity index is 72.9. The number of carbonyl (C=O) groups excluding carboxylic acids is 2. The third kappa shape index (κ3) is 5.30. The van der Waals surface area contributed by atoms with Crippen molar-refractivity contribution in [3.8, 4) is 0 Å². The zero-order valence-corrected chi connectivity index (χ0v) is 4.32. The first-order chi connectivity index (χ1) is 2.64. The fraction of sp³-hybridized carbons (Fsp3) is 0.500. The van der Waals surface area contributed by atoms with Crippen LogP contribution in [0.5, 0.6) is 0 Å². The second-order valence-electron chi connectivity index (χ2n) is 1.11. The lowest BCUT2D eigenvalue weighted by atomic mass is 10.3. The van der Waals surface area contributed by atoms with Gasteiger partial charge in [0.2, 0.25) is 0 Å². The SMILES string of the molecule is CC(=O)C(C)=O.O. The highest BCUT2D eigenvalue weighted by Crippen LogP contribution is 1.66. The molecule has 0 fully saturated rings. The van der Waals surface area contributed by atoms with Gasteiger partial charge < -0.3 is 5.48 Å². The predicted molar refractivity (Wildman–Crippen MR) is 25.0 cm³/mol. The lowest BCUT2D eigenvalue weighted by Gasteiger charge is -1.73. The Morgan fingerprint density at radius 2 is 1.14 bits per heavy atom. The van der Waals surface area contributed by atoms with Gasteiger partial charge in [-0.1, -0.05) is 0 Å². The topological polar surface area (TPSA) is 65.6 Å². The zero-order chi connectivity index (χ0) is 5.15. The highest BCUT2D eigenvalue weighted by atomic mass is 16.2. The van der Waals surface area contributed by atoms with Crippen LogP contribution in [-0.4, -0.2) is 17.0 Å². The molecule has 0 aliphatic rings. The molecule has 3 heteroatoms. The van der Waals surface area contributed by atoms with E-state index in [0.29, 0.717) is 0 Å². The molecule has 0 radical (unpaired) electrons. The molecular formula is C4H8O3. The third-order valence-corrected chi connectivity index (χ3v) is 0.496. The molecule has 0 bridgehead atoms. The van der Waals surface area contributed by atoms with E-state index < -0.39 is 0 Å². The van der Waals surface area contributed by atoms with Crippen molar-refractivity contribution in [1.82, 2.24) is 0 Å². The Morgan fingerprint density at radius 1 is 1.00 bits per heavy atom. The van der Waals surface area contributed by atoms with Crippen LogP contribution in [0, 0.1) is 0 Å². The summed E-state index contributed by atoms with van der Waals surface area (Å²) >= 11 is 0. The molecule has 0 aromatic rings. The highest BCUT2D eigenvalue weighted by molar-refractivity contribution is 6.35. The molecule has 0 aliphatic heterocycles. The van der Waals surface area contributed by atoms with E-state index >= 15 is 0 Å². The number of Topliss-reactive ketones (excluding diaryl/α,β-unsaturated/α-hetero) is 2. The largest absolute Gasteiger partial charge is 0.412 e. The third-order valence-electron chi connectivity index (χ3n) is 0.496. The highest BCUT2D eigenvalue weighted by Gasteiger charge is 1.94. The monoisotopic (exact) mass is 104 g/mol. The van der Waals surface area contributed by atoms with E-state index in [2.05, 4.69) is 0 Å². The van der Waals surface area contributed by atoms with Crippen LogP contribution >= 0.6 is 0 Å². The van der Waals surface area contributed by atoms with Gasteiger partial charge in [0.25, 0.3) is 0 Å². The first kappa shape index (κ1) is 9.57. The first-order valence-electron chi connectivity index (χ1n) is 1.66. The van der Waals surface area contributed by atoms with Gasteiger partial charge in [0, 0.05) is 13.8 Å². The molecule has 0 atom stereocenters. The van der Waals surface area contributed by atoms with Crippen molar-refractivity contribution in [3.63, 3.8) is 0 Å². The number of ketones is 2. The van der Waals surface area contributed by atoms with Crippen LogP contribution in [0.2, 0.25) is 0 Å². The summed E-state index contributed by atoms with van der Waals surface area (Å²) in [6.07, 6.45) is 0.